The second kappa shape index (κ2) is 6.14. The largest absolute Gasteiger partial charge is 0.507 e. The third-order valence-corrected chi connectivity index (χ3v) is 4.01. The van der Waals surface area contributed by atoms with Gasteiger partial charge in [-0.2, -0.15) is 0 Å². The molecule has 0 aliphatic rings. The molecule has 0 radical (unpaired) electrons. The molecule has 0 amide bonds. The summed E-state index contributed by atoms with van der Waals surface area (Å²) < 4.78 is 9.46. The van der Waals surface area contributed by atoms with Crippen molar-refractivity contribution in [2.45, 2.75) is 30.0 Å². The number of nitrogens with zero attached hydrogens (tertiary/aromatic N) is 1. The van der Waals surface area contributed by atoms with Gasteiger partial charge >= 0.3 is 12.3 Å². The van der Waals surface area contributed by atoms with Crippen LogP contribution >= 0.6 is 11.8 Å². The minimum Gasteiger partial charge on any atom is -0.450 e. The quantitative estimate of drug-likeness (QED) is 0.435. The Morgan fingerprint density at radius 2 is 1.95 bits per heavy atom. The number of rotatable bonds is 5. The molecule has 0 saturated carbocycles. The first-order chi connectivity index (χ1) is 10.3. The summed E-state index contributed by atoms with van der Waals surface area (Å²) in [4.78, 5) is 28.9. The lowest BCUT2D eigenvalue weighted by Crippen LogP contribution is -2.41. The van der Waals surface area contributed by atoms with Gasteiger partial charge in [0.05, 0.1) is 11.0 Å². The van der Waals surface area contributed by atoms with Crippen molar-refractivity contribution in [1.29, 1.82) is 0 Å². The number of carboxylic acid groups (broad SMARTS) is 2. The lowest BCUT2D eigenvalue weighted by Gasteiger charge is -2.30. The van der Waals surface area contributed by atoms with Crippen LogP contribution < -0.4 is 0 Å². The van der Waals surface area contributed by atoms with Crippen molar-refractivity contribution in [1.82, 2.24) is 9.97 Å². The van der Waals surface area contributed by atoms with Crippen LogP contribution in [0.3, 0.4) is 0 Å². The Morgan fingerprint density at radius 3 is 2.55 bits per heavy atom. The highest BCUT2D eigenvalue weighted by Crippen LogP contribution is 2.33. The molecule has 1 aromatic carbocycles. The van der Waals surface area contributed by atoms with Crippen LogP contribution in [0.1, 0.15) is 13.8 Å². The Balaban J connectivity index is 2.25. The van der Waals surface area contributed by atoms with E-state index in [9.17, 15) is 9.59 Å². The van der Waals surface area contributed by atoms with E-state index in [0.717, 1.165) is 17.3 Å². The van der Waals surface area contributed by atoms with Crippen molar-refractivity contribution < 1.29 is 29.3 Å². The first-order valence-corrected chi connectivity index (χ1v) is 7.09. The second-order valence-corrected chi connectivity index (χ2v) is 5.91. The van der Waals surface area contributed by atoms with Gasteiger partial charge in [0.2, 0.25) is 0 Å². The van der Waals surface area contributed by atoms with Crippen molar-refractivity contribution in [3.63, 3.8) is 0 Å². The smallest absolute Gasteiger partial charge is 0.450 e. The average molecular weight is 326 g/mol. The molecule has 22 heavy (non-hydrogen) atoms. The lowest BCUT2D eigenvalue weighted by molar-refractivity contribution is -0.0548. The Kier molecular flexibility index (Phi) is 4.45. The van der Waals surface area contributed by atoms with Gasteiger partial charge < -0.3 is 24.7 Å². The molecule has 2 aromatic rings. The van der Waals surface area contributed by atoms with Crippen molar-refractivity contribution in [2.24, 2.45) is 0 Å². The van der Waals surface area contributed by atoms with E-state index in [2.05, 4.69) is 9.97 Å². The summed E-state index contributed by atoms with van der Waals surface area (Å²) in [7, 11) is 0. The van der Waals surface area contributed by atoms with E-state index in [1.54, 1.807) is 6.07 Å². The van der Waals surface area contributed by atoms with Crippen LogP contribution in [-0.2, 0) is 9.47 Å². The Labute approximate surface area is 129 Å². The van der Waals surface area contributed by atoms with Gasteiger partial charge in [-0.05, 0) is 37.7 Å². The molecule has 1 heterocycles. The molecule has 0 spiro atoms. The number of nitrogens with one attached hydrogen (secondary N) is 1. The number of carbonyl (C=O) groups is 2. The third-order valence-electron chi connectivity index (χ3n) is 2.71. The number of benzene rings is 1. The van der Waals surface area contributed by atoms with Gasteiger partial charge in [0.1, 0.15) is 0 Å². The molecule has 2 rings (SSSR count). The fourth-order valence-corrected chi connectivity index (χ4v) is 2.74. The highest BCUT2D eigenvalue weighted by molar-refractivity contribution is 7.99. The van der Waals surface area contributed by atoms with E-state index in [4.69, 9.17) is 19.7 Å². The Hall–Kier alpha value is -2.42. The number of fused-ring (bicyclic) bond motifs is 1. The molecule has 0 fully saturated rings. The van der Waals surface area contributed by atoms with Gasteiger partial charge in [-0.3, -0.25) is 0 Å². The summed E-state index contributed by atoms with van der Waals surface area (Å²) >= 11 is 0.934. The molecular formula is C13H14N2O6S. The maximum Gasteiger partial charge on any atom is 0.507 e. The van der Waals surface area contributed by atoms with Crippen LogP contribution in [0, 0.1) is 0 Å². The number of H-pyrrole nitrogens is 1. The number of ether oxygens (including phenoxy) is 2. The zero-order chi connectivity index (χ0) is 16.3. The van der Waals surface area contributed by atoms with E-state index in [0.29, 0.717) is 10.7 Å². The standard InChI is InChI=1S/C13H14N2O6S/c1-13(2,21-12(18)19)9(20-11(16)17)22-10-14-7-5-3-4-6-8(7)15-10/h3-6,9H,1-2H3,(H,14,15)(H,16,17)(H,18,19). The summed E-state index contributed by atoms with van der Waals surface area (Å²) in [6.07, 6.45) is -3.05. The number of hydrogen-bond donors (Lipinski definition) is 3. The van der Waals surface area contributed by atoms with Gasteiger partial charge in [-0.15, -0.1) is 0 Å². The van der Waals surface area contributed by atoms with Gasteiger partial charge in [0, 0.05) is 0 Å². The summed E-state index contributed by atoms with van der Waals surface area (Å²) in [5.74, 6) is 0. The first-order valence-electron chi connectivity index (χ1n) is 6.21. The molecule has 0 saturated heterocycles. The summed E-state index contributed by atoms with van der Waals surface area (Å²) in [5, 5.41) is 18.0. The maximum absolute atomic E-state index is 10.8. The number of aromatic nitrogens is 2. The zero-order valence-corrected chi connectivity index (χ0v) is 12.6. The van der Waals surface area contributed by atoms with Crippen molar-refractivity contribution in [3.05, 3.63) is 24.3 Å². The molecule has 1 atom stereocenters. The number of para-hydroxylation sites is 2. The fraction of sp³-hybridized carbons (Fsp3) is 0.308. The minimum absolute atomic E-state index is 0.398. The maximum atomic E-state index is 10.8. The topological polar surface area (TPSA) is 122 Å². The number of hydrogen-bond acceptors (Lipinski definition) is 6. The highest BCUT2D eigenvalue weighted by atomic mass is 32.2. The molecule has 1 aromatic heterocycles. The van der Waals surface area contributed by atoms with Crippen molar-refractivity contribution in [2.75, 3.05) is 0 Å². The monoisotopic (exact) mass is 326 g/mol. The predicted molar refractivity (Wildman–Crippen MR) is 78.0 cm³/mol. The molecule has 3 N–H and O–H groups in total. The van der Waals surface area contributed by atoms with Gasteiger partial charge in [-0.25, -0.2) is 14.6 Å². The Morgan fingerprint density at radius 1 is 1.27 bits per heavy atom. The van der Waals surface area contributed by atoms with E-state index in [1.807, 2.05) is 18.2 Å². The van der Waals surface area contributed by atoms with Gasteiger partial charge in [0.25, 0.3) is 0 Å². The molecule has 0 bridgehead atoms. The SMILES string of the molecule is CC(C)(OC(=O)O)C(OC(=O)O)Sc1nc2ccccc2[nH]1. The number of imidazole rings is 1. The molecule has 9 heteroatoms. The average Bonchev–Trinajstić information content (AvgIpc) is 2.78. The third kappa shape index (κ3) is 3.82. The van der Waals surface area contributed by atoms with E-state index >= 15 is 0 Å². The molecular weight excluding hydrogens is 312 g/mol. The lowest BCUT2D eigenvalue weighted by atomic mass is 10.1. The van der Waals surface area contributed by atoms with Crippen LogP contribution in [-0.4, -0.2) is 43.5 Å². The summed E-state index contributed by atoms with van der Waals surface area (Å²) in [5.41, 5.74) is -1.04. The van der Waals surface area contributed by atoms with E-state index in [1.165, 1.54) is 13.8 Å². The zero-order valence-electron chi connectivity index (χ0n) is 11.8. The highest BCUT2D eigenvalue weighted by Gasteiger charge is 2.38. The fourth-order valence-electron chi connectivity index (χ4n) is 1.76. The summed E-state index contributed by atoms with van der Waals surface area (Å²) in [6, 6.07) is 7.26. The van der Waals surface area contributed by atoms with Crippen LogP contribution in [0.5, 0.6) is 0 Å². The normalized spacial score (nSPS) is 12.8. The van der Waals surface area contributed by atoms with Crippen LogP contribution in [0.25, 0.3) is 11.0 Å². The molecule has 1 unspecified atom stereocenters. The minimum atomic E-state index is -1.53. The van der Waals surface area contributed by atoms with Gasteiger partial charge in [0.15, 0.2) is 16.2 Å². The van der Waals surface area contributed by atoms with Gasteiger partial charge in [-0.1, -0.05) is 12.1 Å². The molecule has 118 valence electrons. The first kappa shape index (κ1) is 16.0. The Bertz CT molecular complexity index is 666. The van der Waals surface area contributed by atoms with Crippen LogP contribution in [0.15, 0.2) is 29.4 Å². The van der Waals surface area contributed by atoms with Crippen LogP contribution in [0.4, 0.5) is 9.59 Å². The van der Waals surface area contributed by atoms with E-state index < -0.39 is 23.3 Å². The number of aromatic amines is 1. The molecule has 0 aliphatic heterocycles. The van der Waals surface area contributed by atoms with E-state index in [-0.39, 0.29) is 0 Å². The second-order valence-electron chi connectivity index (χ2n) is 4.86. The van der Waals surface area contributed by atoms with Crippen molar-refractivity contribution in [3.8, 4) is 0 Å². The predicted octanol–water partition coefficient (Wildman–Crippen LogP) is 3.15. The van der Waals surface area contributed by atoms with Crippen LogP contribution in [0.2, 0.25) is 0 Å². The summed E-state index contributed by atoms with van der Waals surface area (Å²) in [6.45, 7) is 2.84. The van der Waals surface area contributed by atoms with Crippen molar-refractivity contribution >= 4 is 35.1 Å². The molecule has 0 aliphatic carbocycles. The number of thioether (sulfide) groups is 1. The molecule has 8 nitrogen and oxygen atoms in total.